The number of aromatic nitrogens is 2. The Hall–Kier alpha value is -1.88. The van der Waals surface area contributed by atoms with E-state index in [2.05, 4.69) is 10.3 Å². The number of fused-ring (bicyclic) bond motifs is 1. The van der Waals surface area contributed by atoms with Crippen molar-refractivity contribution in [2.75, 3.05) is 20.3 Å². The Bertz CT molecular complexity index is 474. The van der Waals surface area contributed by atoms with E-state index in [0.717, 1.165) is 17.8 Å². The normalized spacial score (nSPS) is 10.6. The van der Waals surface area contributed by atoms with Crippen LogP contribution in [0.1, 0.15) is 5.69 Å². The Kier molecular flexibility index (Phi) is 3.72. The van der Waals surface area contributed by atoms with Gasteiger partial charge in [-0.15, -0.1) is 0 Å². The zero-order chi connectivity index (χ0) is 12.1. The van der Waals surface area contributed by atoms with Crippen LogP contribution in [-0.4, -0.2) is 35.6 Å². The molecule has 0 fully saturated rings. The molecule has 0 unspecified atom stereocenters. The largest absolute Gasteiger partial charge is 0.375 e. The molecule has 2 aromatic heterocycles. The summed E-state index contributed by atoms with van der Waals surface area (Å²) in [6.07, 6.45) is 4.64. The summed E-state index contributed by atoms with van der Waals surface area (Å²) >= 11 is 0. The van der Waals surface area contributed by atoms with Crippen LogP contribution in [0.3, 0.4) is 0 Å². The highest BCUT2D eigenvalue weighted by Gasteiger charge is 2.02. The molecule has 0 atom stereocenters. The SMILES string of the molecule is COCC(=O)NCCc1cn2ccccc2n1. The van der Waals surface area contributed by atoms with Crippen LogP contribution in [0.5, 0.6) is 0 Å². The maximum atomic E-state index is 11.1. The first-order valence-corrected chi connectivity index (χ1v) is 5.48. The van der Waals surface area contributed by atoms with Gasteiger partial charge in [0.1, 0.15) is 12.3 Å². The number of amides is 1. The van der Waals surface area contributed by atoms with E-state index in [1.807, 2.05) is 35.0 Å². The fourth-order valence-electron chi connectivity index (χ4n) is 1.62. The van der Waals surface area contributed by atoms with Crippen LogP contribution in [0.2, 0.25) is 0 Å². The lowest BCUT2D eigenvalue weighted by molar-refractivity contribution is -0.124. The van der Waals surface area contributed by atoms with Crippen LogP contribution >= 0.6 is 0 Å². The Morgan fingerprint density at radius 2 is 2.41 bits per heavy atom. The maximum Gasteiger partial charge on any atom is 0.245 e. The summed E-state index contributed by atoms with van der Waals surface area (Å²) < 4.78 is 6.69. The van der Waals surface area contributed by atoms with Crippen molar-refractivity contribution in [3.8, 4) is 0 Å². The van der Waals surface area contributed by atoms with Crippen LogP contribution in [0.25, 0.3) is 5.65 Å². The summed E-state index contributed by atoms with van der Waals surface area (Å²) in [6.45, 7) is 0.678. The monoisotopic (exact) mass is 233 g/mol. The van der Waals surface area contributed by atoms with Gasteiger partial charge in [-0.05, 0) is 12.1 Å². The molecule has 0 aliphatic carbocycles. The molecule has 90 valence electrons. The molecule has 0 radical (unpaired) electrons. The zero-order valence-electron chi connectivity index (χ0n) is 9.72. The second kappa shape index (κ2) is 5.45. The van der Waals surface area contributed by atoms with Crippen molar-refractivity contribution in [2.45, 2.75) is 6.42 Å². The van der Waals surface area contributed by atoms with E-state index in [9.17, 15) is 4.79 Å². The number of carbonyl (C=O) groups is 1. The third-order valence-electron chi connectivity index (χ3n) is 2.39. The van der Waals surface area contributed by atoms with Gasteiger partial charge in [-0.3, -0.25) is 4.79 Å². The van der Waals surface area contributed by atoms with E-state index >= 15 is 0 Å². The Morgan fingerprint density at radius 1 is 1.53 bits per heavy atom. The summed E-state index contributed by atoms with van der Waals surface area (Å²) in [6, 6.07) is 5.86. The zero-order valence-corrected chi connectivity index (χ0v) is 9.72. The third-order valence-corrected chi connectivity index (χ3v) is 2.39. The number of ether oxygens (including phenoxy) is 1. The molecular formula is C12H15N3O2. The van der Waals surface area contributed by atoms with Crippen molar-refractivity contribution in [3.05, 3.63) is 36.3 Å². The summed E-state index contributed by atoms with van der Waals surface area (Å²) in [4.78, 5) is 15.6. The van der Waals surface area contributed by atoms with Gasteiger partial charge in [0.05, 0.1) is 5.69 Å². The van der Waals surface area contributed by atoms with Crippen LogP contribution < -0.4 is 5.32 Å². The average Bonchev–Trinajstić information content (AvgIpc) is 2.71. The predicted molar refractivity (Wildman–Crippen MR) is 63.8 cm³/mol. The van der Waals surface area contributed by atoms with Crippen LogP contribution in [0.15, 0.2) is 30.6 Å². The van der Waals surface area contributed by atoms with Gasteiger partial charge in [0.25, 0.3) is 0 Å². The Labute approximate surface area is 99.4 Å². The summed E-state index contributed by atoms with van der Waals surface area (Å²) in [5.41, 5.74) is 1.89. The van der Waals surface area contributed by atoms with E-state index < -0.39 is 0 Å². The standard InChI is InChI=1S/C12H15N3O2/c1-17-9-12(16)13-6-5-10-8-15-7-3-2-4-11(15)14-10/h2-4,7-8H,5-6,9H2,1H3,(H,13,16). The number of imidazole rings is 1. The lowest BCUT2D eigenvalue weighted by Crippen LogP contribution is -2.29. The van der Waals surface area contributed by atoms with Gasteiger partial charge < -0.3 is 14.5 Å². The van der Waals surface area contributed by atoms with Gasteiger partial charge in [0, 0.05) is 32.5 Å². The molecule has 5 nitrogen and oxygen atoms in total. The number of pyridine rings is 1. The molecule has 0 spiro atoms. The molecule has 0 saturated carbocycles. The molecule has 0 aromatic carbocycles. The topological polar surface area (TPSA) is 55.6 Å². The number of nitrogens with zero attached hydrogens (tertiary/aromatic N) is 2. The number of methoxy groups -OCH3 is 1. The summed E-state index contributed by atoms with van der Waals surface area (Å²) in [7, 11) is 1.50. The van der Waals surface area contributed by atoms with E-state index in [4.69, 9.17) is 4.74 Å². The van der Waals surface area contributed by atoms with Crippen LogP contribution in [0.4, 0.5) is 0 Å². The minimum Gasteiger partial charge on any atom is -0.375 e. The number of nitrogens with one attached hydrogen (secondary N) is 1. The Morgan fingerprint density at radius 3 is 3.18 bits per heavy atom. The van der Waals surface area contributed by atoms with E-state index in [1.54, 1.807) is 0 Å². The summed E-state index contributed by atoms with van der Waals surface area (Å²) in [5.74, 6) is -0.101. The van der Waals surface area contributed by atoms with E-state index in [-0.39, 0.29) is 12.5 Å². The first kappa shape index (κ1) is 11.6. The molecule has 0 aliphatic heterocycles. The Balaban J connectivity index is 1.89. The number of rotatable bonds is 5. The fraction of sp³-hybridized carbons (Fsp3) is 0.333. The molecule has 0 saturated heterocycles. The highest BCUT2D eigenvalue weighted by molar-refractivity contribution is 5.77. The first-order valence-electron chi connectivity index (χ1n) is 5.48. The average molecular weight is 233 g/mol. The molecule has 1 N–H and O–H groups in total. The van der Waals surface area contributed by atoms with Crippen molar-refractivity contribution in [3.63, 3.8) is 0 Å². The molecule has 0 aliphatic rings. The molecule has 1 amide bonds. The number of hydrogen-bond donors (Lipinski definition) is 1. The third kappa shape index (κ3) is 3.04. The molecule has 2 rings (SSSR count). The quantitative estimate of drug-likeness (QED) is 0.824. The van der Waals surface area contributed by atoms with Crippen molar-refractivity contribution in [1.29, 1.82) is 0 Å². The van der Waals surface area contributed by atoms with Crippen molar-refractivity contribution in [1.82, 2.24) is 14.7 Å². The van der Waals surface area contributed by atoms with Gasteiger partial charge >= 0.3 is 0 Å². The molecule has 2 heterocycles. The van der Waals surface area contributed by atoms with Gasteiger partial charge in [-0.25, -0.2) is 4.98 Å². The van der Waals surface area contributed by atoms with Crippen LogP contribution in [0, 0.1) is 0 Å². The number of carbonyl (C=O) groups excluding carboxylic acids is 1. The highest BCUT2D eigenvalue weighted by Crippen LogP contribution is 2.04. The molecular weight excluding hydrogens is 218 g/mol. The van der Waals surface area contributed by atoms with Crippen molar-refractivity contribution < 1.29 is 9.53 Å². The van der Waals surface area contributed by atoms with Gasteiger partial charge in [0.2, 0.25) is 5.91 Å². The van der Waals surface area contributed by atoms with Gasteiger partial charge in [0.15, 0.2) is 0 Å². The second-order valence-electron chi connectivity index (χ2n) is 3.73. The van der Waals surface area contributed by atoms with Gasteiger partial charge in [-0.1, -0.05) is 6.07 Å². The maximum absolute atomic E-state index is 11.1. The smallest absolute Gasteiger partial charge is 0.245 e. The van der Waals surface area contributed by atoms with E-state index in [1.165, 1.54) is 7.11 Å². The minimum absolute atomic E-state index is 0.101. The fourth-order valence-corrected chi connectivity index (χ4v) is 1.62. The molecule has 0 bridgehead atoms. The summed E-state index contributed by atoms with van der Waals surface area (Å²) in [5, 5.41) is 2.76. The lowest BCUT2D eigenvalue weighted by Gasteiger charge is -2.01. The first-order chi connectivity index (χ1) is 8.29. The second-order valence-corrected chi connectivity index (χ2v) is 3.73. The predicted octanol–water partition coefficient (Wildman–Crippen LogP) is 0.639. The molecule has 17 heavy (non-hydrogen) atoms. The highest BCUT2D eigenvalue weighted by atomic mass is 16.5. The van der Waals surface area contributed by atoms with Crippen LogP contribution in [-0.2, 0) is 16.0 Å². The van der Waals surface area contributed by atoms with E-state index in [0.29, 0.717) is 6.54 Å². The molecule has 2 aromatic rings. The van der Waals surface area contributed by atoms with Crippen molar-refractivity contribution in [2.24, 2.45) is 0 Å². The van der Waals surface area contributed by atoms with Gasteiger partial charge in [-0.2, -0.15) is 0 Å². The molecule has 5 heteroatoms. The number of hydrogen-bond acceptors (Lipinski definition) is 3. The lowest BCUT2D eigenvalue weighted by atomic mass is 10.3. The van der Waals surface area contributed by atoms with Crippen molar-refractivity contribution >= 4 is 11.6 Å². The minimum atomic E-state index is -0.101.